The van der Waals surface area contributed by atoms with E-state index in [-0.39, 0.29) is 12.1 Å². The fourth-order valence-corrected chi connectivity index (χ4v) is 3.33. The van der Waals surface area contributed by atoms with Gasteiger partial charge in [-0.15, -0.1) is 0 Å². The molecule has 0 aromatic carbocycles. The molecule has 0 unspecified atom stereocenters. The highest BCUT2D eigenvalue weighted by atomic mass is 16.2. The summed E-state index contributed by atoms with van der Waals surface area (Å²) >= 11 is 0. The van der Waals surface area contributed by atoms with Crippen LogP contribution in [-0.2, 0) is 13.5 Å². The predicted octanol–water partition coefficient (Wildman–Crippen LogP) is 1.70. The van der Waals surface area contributed by atoms with Gasteiger partial charge in [-0.25, -0.2) is 4.79 Å². The number of nitrogens with one attached hydrogen (secondary N) is 1. The summed E-state index contributed by atoms with van der Waals surface area (Å²) in [5.74, 6) is 0. The number of amides is 2. The molecule has 2 rings (SSSR count). The zero-order valence-electron chi connectivity index (χ0n) is 15.4. The van der Waals surface area contributed by atoms with E-state index >= 15 is 0 Å². The van der Waals surface area contributed by atoms with Crippen molar-refractivity contribution in [1.82, 2.24) is 24.9 Å². The molecule has 6 heteroatoms. The Hall–Kier alpha value is -1.56. The maximum Gasteiger partial charge on any atom is 0.317 e. The molecule has 1 aromatic heterocycles. The highest BCUT2D eigenvalue weighted by Gasteiger charge is 2.25. The highest BCUT2D eigenvalue weighted by molar-refractivity contribution is 5.74. The molecule has 1 aromatic rings. The minimum absolute atomic E-state index is 0.0586. The number of rotatable bonds is 4. The lowest BCUT2D eigenvalue weighted by atomic mass is 10.0. The van der Waals surface area contributed by atoms with Crippen LogP contribution in [0.4, 0.5) is 4.79 Å². The fraction of sp³-hybridized carbons (Fsp3) is 0.765. The van der Waals surface area contributed by atoms with Gasteiger partial charge in [-0.3, -0.25) is 4.68 Å². The molecule has 1 saturated heterocycles. The van der Waals surface area contributed by atoms with Crippen LogP contribution >= 0.6 is 0 Å². The van der Waals surface area contributed by atoms with E-state index in [0.717, 1.165) is 31.6 Å². The lowest BCUT2D eigenvalue weighted by Gasteiger charge is -2.36. The largest absolute Gasteiger partial charge is 0.335 e. The van der Waals surface area contributed by atoms with Crippen LogP contribution in [-0.4, -0.2) is 64.9 Å². The Bertz CT molecular complexity index is 551. The number of likely N-dealkylation sites (N-methyl/N-ethyl adjacent to an activating group) is 1. The van der Waals surface area contributed by atoms with Crippen molar-refractivity contribution >= 4 is 6.03 Å². The van der Waals surface area contributed by atoms with Gasteiger partial charge in [0.1, 0.15) is 0 Å². The molecule has 2 heterocycles. The SMILES string of the molecule is Cc1nn(C)c(C)c1C[C@@H](C)NC(=O)N1CCC[C@@H](N(C)C)C1. The monoisotopic (exact) mass is 321 g/mol. The van der Waals surface area contributed by atoms with Gasteiger partial charge in [-0.1, -0.05) is 0 Å². The lowest BCUT2D eigenvalue weighted by Crippen LogP contribution is -2.52. The third kappa shape index (κ3) is 4.25. The van der Waals surface area contributed by atoms with Gasteiger partial charge in [0, 0.05) is 37.9 Å². The first-order chi connectivity index (χ1) is 10.8. The molecule has 23 heavy (non-hydrogen) atoms. The normalized spacial score (nSPS) is 20.0. The van der Waals surface area contributed by atoms with E-state index in [9.17, 15) is 4.79 Å². The molecule has 2 amide bonds. The van der Waals surface area contributed by atoms with Crippen LogP contribution in [0.25, 0.3) is 0 Å². The van der Waals surface area contributed by atoms with E-state index in [1.54, 1.807) is 0 Å². The number of piperidine rings is 1. The van der Waals surface area contributed by atoms with Gasteiger partial charge < -0.3 is 15.1 Å². The summed E-state index contributed by atoms with van der Waals surface area (Å²) in [6.45, 7) is 7.85. The van der Waals surface area contributed by atoms with E-state index in [2.05, 4.69) is 43.3 Å². The first kappa shape index (κ1) is 17.8. The van der Waals surface area contributed by atoms with Crippen LogP contribution < -0.4 is 5.32 Å². The summed E-state index contributed by atoms with van der Waals surface area (Å²) in [5.41, 5.74) is 3.47. The second kappa shape index (κ2) is 7.34. The Kier molecular flexibility index (Phi) is 5.68. The Morgan fingerprint density at radius 2 is 2.13 bits per heavy atom. The molecule has 130 valence electrons. The van der Waals surface area contributed by atoms with Gasteiger partial charge in [-0.2, -0.15) is 5.10 Å². The topological polar surface area (TPSA) is 53.4 Å². The first-order valence-corrected chi connectivity index (χ1v) is 8.50. The van der Waals surface area contributed by atoms with Crippen LogP contribution in [0, 0.1) is 13.8 Å². The van der Waals surface area contributed by atoms with Crippen LogP contribution in [0.2, 0.25) is 0 Å². The summed E-state index contributed by atoms with van der Waals surface area (Å²) in [6.07, 6.45) is 3.06. The van der Waals surface area contributed by atoms with Crippen molar-refractivity contribution in [3.8, 4) is 0 Å². The number of carbonyl (C=O) groups excluding carboxylic acids is 1. The number of hydrogen-bond donors (Lipinski definition) is 1. The molecule has 1 fully saturated rings. The zero-order chi connectivity index (χ0) is 17.1. The molecule has 1 aliphatic heterocycles. The molecule has 1 aliphatic rings. The maximum atomic E-state index is 12.5. The minimum Gasteiger partial charge on any atom is -0.335 e. The van der Waals surface area contributed by atoms with Crippen molar-refractivity contribution < 1.29 is 4.79 Å². The van der Waals surface area contributed by atoms with E-state index < -0.39 is 0 Å². The van der Waals surface area contributed by atoms with Crippen LogP contribution in [0.15, 0.2) is 0 Å². The van der Waals surface area contributed by atoms with E-state index in [4.69, 9.17) is 0 Å². The van der Waals surface area contributed by atoms with E-state index in [0.29, 0.717) is 6.04 Å². The Labute approximate surface area is 139 Å². The summed E-state index contributed by atoms with van der Waals surface area (Å²) < 4.78 is 1.91. The van der Waals surface area contributed by atoms with Gasteiger partial charge in [0.05, 0.1) is 5.69 Å². The Morgan fingerprint density at radius 3 is 2.70 bits per heavy atom. The molecular formula is C17H31N5O. The van der Waals surface area contributed by atoms with Crippen LogP contribution in [0.1, 0.15) is 36.7 Å². The van der Waals surface area contributed by atoms with Crippen molar-refractivity contribution in [3.63, 3.8) is 0 Å². The van der Waals surface area contributed by atoms with Gasteiger partial charge in [0.2, 0.25) is 0 Å². The summed E-state index contributed by atoms with van der Waals surface area (Å²) in [6, 6.07) is 0.625. The average Bonchev–Trinajstić information content (AvgIpc) is 2.73. The molecule has 2 atom stereocenters. The Morgan fingerprint density at radius 1 is 1.43 bits per heavy atom. The number of likely N-dealkylation sites (tertiary alicyclic amines) is 1. The maximum absolute atomic E-state index is 12.5. The van der Waals surface area contributed by atoms with Gasteiger partial charge in [0.25, 0.3) is 0 Å². The average molecular weight is 321 g/mol. The lowest BCUT2D eigenvalue weighted by molar-refractivity contribution is 0.138. The predicted molar refractivity (Wildman–Crippen MR) is 92.7 cm³/mol. The van der Waals surface area contributed by atoms with Crippen molar-refractivity contribution in [3.05, 3.63) is 17.0 Å². The third-order valence-electron chi connectivity index (χ3n) is 4.95. The smallest absolute Gasteiger partial charge is 0.317 e. The number of aryl methyl sites for hydroxylation is 2. The molecular weight excluding hydrogens is 290 g/mol. The van der Waals surface area contributed by atoms with Gasteiger partial charge in [0.15, 0.2) is 0 Å². The molecule has 0 saturated carbocycles. The number of carbonyl (C=O) groups is 1. The van der Waals surface area contributed by atoms with Crippen molar-refractivity contribution in [1.29, 1.82) is 0 Å². The van der Waals surface area contributed by atoms with Crippen molar-refractivity contribution in [2.45, 2.75) is 52.1 Å². The fourth-order valence-electron chi connectivity index (χ4n) is 3.33. The zero-order valence-corrected chi connectivity index (χ0v) is 15.4. The van der Waals surface area contributed by atoms with E-state index in [1.807, 2.05) is 23.6 Å². The van der Waals surface area contributed by atoms with E-state index in [1.165, 1.54) is 17.7 Å². The number of hydrogen-bond acceptors (Lipinski definition) is 3. The summed E-state index contributed by atoms with van der Waals surface area (Å²) in [5, 5.41) is 7.60. The number of aromatic nitrogens is 2. The number of urea groups is 1. The van der Waals surface area contributed by atoms with Crippen LogP contribution in [0.3, 0.4) is 0 Å². The molecule has 0 radical (unpaired) electrons. The first-order valence-electron chi connectivity index (χ1n) is 8.50. The number of nitrogens with zero attached hydrogens (tertiary/aromatic N) is 4. The molecule has 0 bridgehead atoms. The Balaban J connectivity index is 1.92. The second-order valence-corrected chi connectivity index (χ2v) is 7.03. The van der Waals surface area contributed by atoms with Crippen molar-refractivity contribution in [2.24, 2.45) is 7.05 Å². The molecule has 0 aliphatic carbocycles. The summed E-state index contributed by atoms with van der Waals surface area (Å²) in [7, 11) is 6.13. The third-order valence-corrected chi connectivity index (χ3v) is 4.95. The highest BCUT2D eigenvalue weighted by Crippen LogP contribution is 2.16. The van der Waals surface area contributed by atoms with Gasteiger partial charge in [-0.05, 0) is 59.7 Å². The molecule has 0 spiro atoms. The standard InChI is InChI=1S/C17H31N5O/c1-12(10-16-13(2)19-21(6)14(16)3)18-17(23)22-9-7-8-15(11-22)20(4)5/h12,15H,7-11H2,1-6H3,(H,18,23)/t12-,15-/m1/s1. The minimum atomic E-state index is 0.0586. The van der Waals surface area contributed by atoms with Crippen molar-refractivity contribution in [2.75, 3.05) is 27.2 Å². The quantitative estimate of drug-likeness (QED) is 0.918. The summed E-state index contributed by atoms with van der Waals surface area (Å²) in [4.78, 5) is 16.7. The van der Waals surface area contributed by atoms with Gasteiger partial charge >= 0.3 is 6.03 Å². The molecule has 6 nitrogen and oxygen atoms in total. The van der Waals surface area contributed by atoms with Crippen LogP contribution in [0.5, 0.6) is 0 Å². The second-order valence-electron chi connectivity index (χ2n) is 7.03. The molecule has 1 N–H and O–H groups in total.